The average molecular weight is 176 g/mol. The van der Waals surface area contributed by atoms with Gasteiger partial charge in [-0.3, -0.25) is 0 Å². The zero-order valence-electron chi connectivity index (χ0n) is 7.35. The van der Waals surface area contributed by atoms with Crippen LogP contribution in [-0.2, 0) is 0 Å². The molecular weight excluding hydrogens is 164 g/mol. The van der Waals surface area contributed by atoms with Crippen LogP contribution in [-0.4, -0.2) is 35.1 Å². The zero-order valence-corrected chi connectivity index (χ0v) is 7.35. The van der Waals surface area contributed by atoms with Crippen LogP contribution < -0.4 is 10.2 Å². The van der Waals surface area contributed by atoms with Gasteiger partial charge in [-0.1, -0.05) is 0 Å². The fourth-order valence-corrected chi connectivity index (χ4v) is 2.25. The molecule has 2 saturated heterocycles. The van der Waals surface area contributed by atoms with Crippen molar-refractivity contribution in [1.82, 2.24) is 15.3 Å². The lowest BCUT2D eigenvalue weighted by Gasteiger charge is -2.26. The Morgan fingerprint density at radius 2 is 2.23 bits per heavy atom. The minimum absolute atomic E-state index is 0.618. The Bertz CT molecular complexity index is 300. The molecule has 3 rings (SSSR count). The van der Waals surface area contributed by atoms with E-state index in [-0.39, 0.29) is 0 Å². The van der Waals surface area contributed by atoms with E-state index >= 15 is 0 Å². The quantitative estimate of drug-likeness (QED) is 0.655. The van der Waals surface area contributed by atoms with Crippen molar-refractivity contribution in [2.75, 3.05) is 18.0 Å². The van der Waals surface area contributed by atoms with Gasteiger partial charge in [-0.25, -0.2) is 9.97 Å². The maximum absolute atomic E-state index is 4.27. The van der Waals surface area contributed by atoms with E-state index < -0.39 is 0 Å². The largest absolute Gasteiger partial charge is 0.335 e. The van der Waals surface area contributed by atoms with Crippen molar-refractivity contribution in [3.05, 3.63) is 18.5 Å². The van der Waals surface area contributed by atoms with E-state index in [4.69, 9.17) is 0 Å². The molecule has 2 fully saturated rings. The first kappa shape index (κ1) is 7.26. The molecule has 4 heteroatoms. The second-order valence-electron chi connectivity index (χ2n) is 3.70. The summed E-state index contributed by atoms with van der Waals surface area (Å²) < 4.78 is 0. The molecule has 0 amide bonds. The van der Waals surface area contributed by atoms with E-state index in [1.165, 1.54) is 6.42 Å². The summed E-state index contributed by atoms with van der Waals surface area (Å²) in [4.78, 5) is 10.8. The van der Waals surface area contributed by atoms with Crippen LogP contribution in [0.2, 0.25) is 0 Å². The number of anilines is 1. The fraction of sp³-hybridized carbons (Fsp3) is 0.556. The Kier molecular flexibility index (Phi) is 1.49. The standard InChI is InChI=1S/C9H12N4/c1-2-10-9(11-3-1)13-6-7-4-8(13)5-12-7/h1-3,7-8,12H,4-6H2/t7?,8-/m0/s1. The molecule has 68 valence electrons. The molecular formula is C9H12N4. The Labute approximate surface area is 77.0 Å². The molecule has 0 spiro atoms. The SMILES string of the molecule is c1cnc(N2CC3C[C@H]2CN3)nc1. The highest BCUT2D eigenvalue weighted by atomic mass is 15.3. The first-order chi connectivity index (χ1) is 6.43. The lowest BCUT2D eigenvalue weighted by atomic mass is 10.2. The molecule has 2 aliphatic rings. The van der Waals surface area contributed by atoms with Crippen molar-refractivity contribution in [1.29, 1.82) is 0 Å². The number of hydrogen-bond donors (Lipinski definition) is 1. The normalized spacial score (nSPS) is 31.2. The van der Waals surface area contributed by atoms with Gasteiger partial charge < -0.3 is 10.2 Å². The Morgan fingerprint density at radius 3 is 2.85 bits per heavy atom. The lowest BCUT2D eigenvalue weighted by Crippen LogP contribution is -2.44. The molecule has 0 saturated carbocycles. The van der Waals surface area contributed by atoms with E-state index in [1.54, 1.807) is 0 Å². The van der Waals surface area contributed by atoms with Crippen molar-refractivity contribution in [2.45, 2.75) is 18.5 Å². The molecule has 2 aliphatic heterocycles. The average Bonchev–Trinajstić information content (AvgIpc) is 2.80. The fourth-order valence-electron chi connectivity index (χ4n) is 2.25. The smallest absolute Gasteiger partial charge is 0.225 e. The summed E-state index contributed by atoms with van der Waals surface area (Å²) in [5.41, 5.74) is 0. The second kappa shape index (κ2) is 2.67. The first-order valence-corrected chi connectivity index (χ1v) is 4.70. The third-order valence-corrected chi connectivity index (χ3v) is 2.87. The van der Waals surface area contributed by atoms with E-state index in [0.29, 0.717) is 12.1 Å². The van der Waals surface area contributed by atoms with Crippen molar-refractivity contribution in [3.63, 3.8) is 0 Å². The highest BCUT2D eigenvalue weighted by molar-refractivity contribution is 5.35. The molecule has 3 heterocycles. The lowest BCUT2D eigenvalue weighted by molar-refractivity contribution is 0.572. The van der Waals surface area contributed by atoms with Crippen molar-refractivity contribution < 1.29 is 0 Å². The first-order valence-electron chi connectivity index (χ1n) is 4.70. The van der Waals surface area contributed by atoms with Gasteiger partial charge in [0.2, 0.25) is 5.95 Å². The van der Waals surface area contributed by atoms with Crippen LogP contribution >= 0.6 is 0 Å². The van der Waals surface area contributed by atoms with E-state index in [0.717, 1.165) is 19.0 Å². The summed E-state index contributed by atoms with van der Waals surface area (Å²) in [6, 6.07) is 3.14. The molecule has 13 heavy (non-hydrogen) atoms. The maximum atomic E-state index is 4.27. The van der Waals surface area contributed by atoms with Crippen LogP contribution in [0.5, 0.6) is 0 Å². The number of piperazine rings is 1. The van der Waals surface area contributed by atoms with Gasteiger partial charge in [-0.05, 0) is 12.5 Å². The summed E-state index contributed by atoms with van der Waals surface area (Å²) in [7, 11) is 0. The minimum atomic E-state index is 0.618. The monoisotopic (exact) mass is 176 g/mol. The van der Waals surface area contributed by atoms with Crippen LogP contribution in [0.25, 0.3) is 0 Å². The molecule has 1 N–H and O–H groups in total. The summed E-state index contributed by atoms with van der Waals surface area (Å²) in [5.74, 6) is 0.886. The number of fused-ring (bicyclic) bond motifs is 2. The Hall–Kier alpha value is -1.16. The van der Waals surface area contributed by atoms with Gasteiger partial charge in [0.1, 0.15) is 0 Å². The number of rotatable bonds is 1. The van der Waals surface area contributed by atoms with Gasteiger partial charge in [-0.2, -0.15) is 0 Å². The van der Waals surface area contributed by atoms with Gasteiger partial charge in [-0.15, -0.1) is 0 Å². The van der Waals surface area contributed by atoms with Crippen LogP contribution in [0.15, 0.2) is 18.5 Å². The van der Waals surface area contributed by atoms with E-state index in [2.05, 4.69) is 20.2 Å². The van der Waals surface area contributed by atoms with Gasteiger partial charge in [0.25, 0.3) is 0 Å². The van der Waals surface area contributed by atoms with Crippen LogP contribution in [0.4, 0.5) is 5.95 Å². The third-order valence-electron chi connectivity index (χ3n) is 2.87. The Morgan fingerprint density at radius 1 is 1.38 bits per heavy atom. The predicted molar refractivity (Wildman–Crippen MR) is 49.6 cm³/mol. The van der Waals surface area contributed by atoms with Gasteiger partial charge in [0.15, 0.2) is 0 Å². The molecule has 0 aromatic carbocycles. The number of nitrogens with one attached hydrogen (secondary N) is 1. The number of nitrogens with zero attached hydrogens (tertiary/aromatic N) is 3. The molecule has 1 aromatic rings. The van der Waals surface area contributed by atoms with Crippen molar-refractivity contribution in [3.8, 4) is 0 Å². The predicted octanol–water partition coefficient (Wildman–Crippen LogP) is 0.0271. The third kappa shape index (κ3) is 1.09. The topological polar surface area (TPSA) is 41.1 Å². The van der Waals surface area contributed by atoms with Crippen LogP contribution in [0.3, 0.4) is 0 Å². The van der Waals surface area contributed by atoms with Gasteiger partial charge in [0.05, 0.1) is 0 Å². The molecule has 0 radical (unpaired) electrons. The van der Waals surface area contributed by atoms with E-state index in [9.17, 15) is 0 Å². The second-order valence-corrected chi connectivity index (χ2v) is 3.70. The Balaban J connectivity index is 1.87. The molecule has 2 bridgehead atoms. The highest BCUT2D eigenvalue weighted by Gasteiger charge is 2.38. The van der Waals surface area contributed by atoms with Crippen molar-refractivity contribution >= 4 is 5.95 Å². The van der Waals surface area contributed by atoms with Crippen molar-refractivity contribution in [2.24, 2.45) is 0 Å². The number of aromatic nitrogens is 2. The molecule has 1 aromatic heterocycles. The molecule has 1 unspecified atom stereocenters. The van der Waals surface area contributed by atoms with E-state index in [1.807, 2.05) is 18.5 Å². The molecule has 4 nitrogen and oxygen atoms in total. The highest BCUT2D eigenvalue weighted by Crippen LogP contribution is 2.26. The van der Waals surface area contributed by atoms with Crippen LogP contribution in [0, 0.1) is 0 Å². The summed E-state index contributed by atoms with van der Waals surface area (Å²) in [5, 5.41) is 3.46. The summed E-state index contributed by atoms with van der Waals surface area (Å²) >= 11 is 0. The summed E-state index contributed by atoms with van der Waals surface area (Å²) in [6.45, 7) is 2.15. The summed E-state index contributed by atoms with van der Waals surface area (Å²) in [6.07, 6.45) is 4.86. The maximum Gasteiger partial charge on any atom is 0.225 e. The molecule has 2 atom stereocenters. The van der Waals surface area contributed by atoms with Gasteiger partial charge >= 0.3 is 0 Å². The minimum Gasteiger partial charge on any atom is -0.335 e. The number of hydrogen-bond acceptors (Lipinski definition) is 4. The van der Waals surface area contributed by atoms with Crippen LogP contribution in [0.1, 0.15) is 6.42 Å². The molecule has 0 aliphatic carbocycles. The van der Waals surface area contributed by atoms with Gasteiger partial charge in [0, 0.05) is 37.6 Å². The zero-order chi connectivity index (χ0) is 8.67.